The third-order valence-corrected chi connectivity index (χ3v) is 2.35. The highest BCUT2D eigenvalue weighted by atomic mass is 16.4. The molecule has 0 spiro atoms. The number of aryl methyl sites for hydroxylation is 1. The van der Waals surface area contributed by atoms with E-state index in [1.165, 1.54) is 0 Å². The highest BCUT2D eigenvalue weighted by Crippen LogP contribution is 2.23. The van der Waals surface area contributed by atoms with Gasteiger partial charge >= 0.3 is 0 Å². The topological polar surface area (TPSA) is 142 Å². The standard InChI is InChI=1S/C12H15N7O/c1-2-9-18-19-10(20-9)7-4-3-5-8(6-7)16-12(15)17-11(13)14/h3-6H,2H2,1H3,(H6,13,14,15,16,17). The van der Waals surface area contributed by atoms with Crippen molar-refractivity contribution in [3.8, 4) is 11.5 Å². The van der Waals surface area contributed by atoms with Crippen LogP contribution in [0.3, 0.4) is 0 Å². The predicted molar refractivity (Wildman–Crippen MR) is 76.2 cm³/mol. The van der Waals surface area contributed by atoms with E-state index < -0.39 is 0 Å². The SMILES string of the molecule is CCc1nnc(-c2cccc(N=C(N)N=C(N)N)c2)o1. The number of guanidine groups is 2. The minimum Gasteiger partial charge on any atom is -0.421 e. The van der Waals surface area contributed by atoms with Crippen molar-refractivity contribution in [1.82, 2.24) is 10.2 Å². The van der Waals surface area contributed by atoms with E-state index in [0.717, 1.165) is 5.56 Å². The zero-order valence-electron chi connectivity index (χ0n) is 10.9. The Morgan fingerprint density at radius 2 is 2.05 bits per heavy atom. The van der Waals surface area contributed by atoms with Gasteiger partial charge in [0.15, 0.2) is 5.96 Å². The molecule has 1 aromatic heterocycles. The Labute approximate surface area is 115 Å². The molecule has 1 heterocycles. The van der Waals surface area contributed by atoms with E-state index in [1.54, 1.807) is 18.2 Å². The van der Waals surface area contributed by atoms with Crippen LogP contribution in [-0.2, 0) is 6.42 Å². The maximum Gasteiger partial charge on any atom is 0.247 e. The summed E-state index contributed by atoms with van der Waals surface area (Å²) in [7, 11) is 0. The second kappa shape index (κ2) is 5.83. The van der Waals surface area contributed by atoms with Gasteiger partial charge in [-0.25, -0.2) is 4.99 Å². The summed E-state index contributed by atoms with van der Waals surface area (Å²) in [5, 5.41) is 7.87. The molecule has 0 amide bonds. The lowest BCUT2D eigenvalue weighted by Crippen LogP contribution is -2.26. The van der Waals surface area contributed by atoms with Gasteiger partial charge < -0.3 is 21.6 Å². The van der Waals surface area contributed by atoms with Crippen molar-refractivity contribution in [2.75, 3.05) is 0 Å². The van der Waals surface area contributed by atoms with Gasteiger partial charge in [0.25, 0.3) is 0 Å². The lowest BCUT2D eigenvalue weighted by atomic mass is 10.2. The molecule has 8 heteroatoms. The summed E-state index contributed by atoms with van der Waals surface area (Å²) in [6.45, 7) is 1.94. The summed E-state index contributed by atoms with van der Waals surface area (Å²) < 4.78 is 5.47. The molecule has 0 aliphatic carbocycles. The molecule has 0 atom stereocenters. The van der Waals surface area contributed by atoms with Crippen molar-refractivity contribution in [2.24, 2.45) is 27.2 Å². The quantitative estimate of drug-likeness (QED) is 0.549. The van der Waals surface area contributed by atoms with Gasteiger partial charge in [-0.3, -0.25) is 0 Å². The van der Waals surface area contributed by atoms with E-state index in [-0.39, 0.29) is 11.9 Å². The molecular weight excluding hydrogens is 258 g/mol. The van der Waals surface area contributed by atoms with Gasteiger partial charge in [-0.15, -0.1) is 10.2 Å². The van der Waals surface area contributed by atoms with E-state index in [4.69, 9.17) is 21.6 Å². The second-order valence-corrected chi connectivity index (χ2v) is 3.91. The Kier molecular flexibility index (Phi) is 3.94. The number of aliphatic imine (C=N–C) groups is 2. The first-order valence-electron chi connectivity index (χ1n) is 5.95. The third kappa shape index (κ3) is 3.31. The highest BCUT2D eigenvalue weighted by molar-refractivity contribution is 5.93. The molecule has 2 aromatic rings. The van der Waals surface area contributed by atoms with Gasteiger partial charge in [-0.1, -0.05) is 13.0 Å². The number of hydrogen-bond acceptors (Lipinski definition) is 4. The van der Waals surface area contributed by atoms with Gasteiger partial charge in [0, 0.05) is 12.0 Å². The Morgan fingerprint density at radius 3 is 2.70 bits per heavy atom. The smallest absolute Gasteiger partial charge is 0.247 e. The Balaban J connectivity index is 2.30. The van der Waals surface area contributed by atoms with Crippen molar-refractivity contribution in [2.45, 2.75) is 13.3 Å². The fraction of sp³-hybridized carbons (Fsp3) is 0.167. The van der Waals surface area contributed by atoms with Gasteiger partial charge in [0.1, 0.15) is 0 Å². The molecule has 104 valence electrons. The maximum absolute atomic E-state index is 5.57. The van der Waals surface area contributed by atoms with Crippen LogP contribution in [-0.4, -0.2) is 22.1 Å². The zero-order chi connectivity index (χ0) is 14.5. The lowest BCUT2D eigenvalue weighted by Gasteiger charge is -1.98. The minimum atomic E-state index is -0.146. The molecule has 6 N–H and O–H groups in total. The van der Waals surface area contributed by atoms with Crippen LogP contribution < -0.4 is 17.2 Å². The molecule has 0 saturated carbocycles. The molecule has 1 aromatic carbocycles. The second-order valence-electron chi connectivity index (χ2n) is 3.91. The van der Waals surface area contributed by atoms with Crippen LogP contribution in [0.1, 0.15) is 12.8 Å². The molecule has 0 unspecified atom stereocenters. The van der Waals surface area contributed by atoms with Gasteiger partial charge in [-0.2, -0.15) is 4.99 Å². The number of nitrogens with two attached hydrogens (primary N) is 3. The molecular formula is C12H15N7O. The van der Waals surface area contributed by atoms with E-state index in [9.17, 15) is 0 Å². The van der Waals surface area contributed by atoms with Crippen LogP contribution in [0.25, 0.3) is 11.5 Å². The molecule has 8 nitrogen and oxygen atoms in total. The van der Waals surface area contributed by atoms with Crippen LogP contribution >= 0.6 is 0 Å². The number of nitrogens with zero attached hydrogens (tertiary/aromatic N) is 4. The van der Waals surface area contributed by atoms with Crippen LogP contribution in [0.4, 0.5) is 5.69 Å². The first kappa shape index (κ1) is 13.5. The van der Waals surface area contributed by atoms with Crippen molar-refractivity contribution in [3.63, 3.8) is 0 Å². The van der Waals surface area contributed by atoms with Crippen molar-refractivity contribution in [3.05, 3.63) is 30.2 Å². The van der Waals surface area contributed by atoms with Crippen molar-refractivity contribution < 1.29 is 4.42 Å². The molecule has 0 saturated heterocycles. The molecule has 0 bridgehead atoms. The van der Waals surface area contributed by atoms with Crippen molar-refractivity contribution in [1.29, 1.82) is 0 Å². The number of hydrogen-bond donors (Lipinski definition) is 3. The molecule has 2 rings (SSSR count). The average Bonchev–Trinajstić information content (AvgIpc) is 2.86. The monoisotopic (exact) mass is 273 g/mol. The van der Waals surface area contributed by atoms with Crippen LogP contribution in [0.15, 0.2) is 38.7 Å². The summed E-state index contributed by atoms with van der Waals surface area (Å²) in [5.74, 6) is 0.835. The summed E-state index contributed by atoms with van der Waals surface area (Å²) in [4.78, 5) is 7.71. The first-order valence-corrected chi connectivity index (χ1v) is 5.95. The summed E-state index contributed by atoms with van der Waals surface area (Å²) in [5.41, 5.74) is 17.3. The van der Waals surface area contributed by atoms with E-state index in [1.807, 2.05) is 13.0 Å². The van der Waals surface area contributed by atoms with E-state index in [0.29, 0.717) is 23.9 Å². The van der Waals surface area contributed by atoms with Gasteiger partial charge in [0.2, 0.25) is 17.7 Å². The molecule has 0 aliphatic heterocycles. The Bertz CT molecular complexity index is 655. The highest BCUT2D eigenvalue weighted by Gasteiger charge is 2.07. The minimum absolute atomic E-state index is 0.0260. The molecule has 0 fully saturated rings. The molecule has 0 aliphatic rings. The maximum atomic E-state index is 5.57. The Morgan fingerprint density at radius 1 is 1.25 bits per heavy atom. The third-order valence-electron chi connectivity index (χ3n) is 2.35. The largest absolute Gasteiger partial charge is 0.421 e. The van der Waals surface area contributed by atoms with Gasteiger partial charge in [0.05, 0.1) is 5.69 Å². The normalized spacial score (nSPS) is 11.3. The summed E-state index contributed by atoms with van der Waals surface area (Å²) in [6, 6.07) is 7.15. The number of benzene rings is 1. The predicted octanol–water partition coefficient (Wildman–Crippen LogP) is 0.519. The first-order chi connectivity index (χ1) is 9.58. The fourth-order valence-corrected chi connectivity index (χ4v) is 1.51. The van der Waals surface area contributed by atoms with Crippen LogP contribution in [0.2, 0.25) is 0 Å². The molecule has 0 radical (unpaired) electrons. The average molecular weight is 273 g/mol. The Hall–Kier alpha value is -2.90. The van der Waals surface area contributed by atoms with E-state index in [2.05, 4.69) is 20.2 Å². The van der Waals surface area contributed by atoms with Crippen molar-refractivity contribution >= 4 is 17.6 Å². The lowest BCUT2D eigenvalue weighted by molar-refractivity contribution is 0.513. The van der Waals surface area contributed by atoms with E-state index >= 15 is 0 Å². The van der Waals surface area contributed by atoms with Crippen LogP contribution in [0, 0.1) is 0 Å². The number of rotatable bonds is 3. The zero-order valence-corrected chi connectivity index (χ0v) is 10.9. The summed E-state index contributed by atoms with van der Waals surface area (Å²) in [6.07, 6.45) is 0.683. The molecule has 20 heavy (non-hydrogen) atoms. The van der Waals surface area contributed by atoms with Crippen LogP contribution in [0.5, 0.6) is 0 Å². The van der Waals surface area contributed by atoms with Gasteiger partial charge in [-0.05, 0) is 18.2 Å². The summed E-state index contributed by atoms with van der Waals surface area (Å²) >= 11 is 0. The fourth-order valence-electron chi connectivity index (χ4n) is 1.51. The number of aromatic nitrogens is 2.